The van der Waals surface area contributed by atoms with Gasteiger partial charge >= 0.3 is 0 Å². The third kappa shape index (κ3) is 2.20. The molecule has 0 saturated carbocycles. The van der Waals surface area contributed by atoms with Gasteiger partial charge in [-0.3, -0.25) is 10.1 Å². The van der Waals surface area contributed by atoms with E-state index in [1.807, 2.05) is 24.3 Å². The Kier molecular flexibility index (Phi) is 2.91. The van der Waals surface area contributed by atoms with Crippen molar-refractivity contribution in [2.45, 2.75) is 6.42 Å². The number of ether oxygens (including phenoxy) is 1. The molecule has 25 heavy (non-hydrogen) atoms. The number of aromatic nitrogens is 2. The average molecular weight is 338 g/mol. The van der Waals surface area contributed by atoms with Crippen molar-refractivity contribution in [2.75, 3.05) is 6.54 Å². The van der Waals surface area contributed by atoms with Crippen LogP contribution in [0.1, 0.15) is 11.3 Å². The Hall–Kier alpha value is -3.22. The van der Waals surface area contributed by atoms with E-state index < -0.39 is 11.6 Å². The lowest BCUT2D eigenvalue weighted by Crippen LogP contribution is -2.35. The van der Waals surface area contributed by atoms with Gasteiger partial charge in [-0.25, -0.2) is 8.78 Å². The Morgan fingerprint density at radius 1 is 1.12 bits per heavy atom. The Labute approximate surface area is 141 Å². The first kappa shape index (κ1) is 14.2. The van der Waals surface area contributed by atoms with Crippen molar-refractivity contribution in [3.8, 4) is 5.75 Å². The Balaban J connectivity index is 1.50. The normalized spacial score (nSPS) is 16.0. The molecule has 0 unspecified atom stereocenters. The number of rotatable bonds is 1. The molecule has 0 fully saturated rings. The van der Waals surface area contributed by atoms with Gasteiger partial charge in [0.1, 0.15) is 11.5 Å². The largest absolute Gasteiger partial charge is 0.438 e. The molecular weight excluding hydrogens is 326 g/mol. The van der Waals surface area contributed by atoms with Crippen molar-refractivity contribution < 1.29 is 13.5 Å². The zero-order chi connectivity index (χ0) is 17.0. The summed E-state index contributed by atoms with van der Waals surface area (Å²) < 4.78 is 33.1. The number of halogens is 2. The summed E-state index contributed by atoms with van der Waals surface area (Å²) in [6.07, 6.45) is 0.393. The molecule has 3 heterocycles. The summed E-state index contributed by atoms with van der Waals surface area (Å²) in [7, 11) is 0. The van der Waals surface area contributed by atoms with E-state index in [9.17, 15) is 8.78 Å². The maximum Gasteiger partial charge on any atom is 0.200 e. The summed E-state index contributed by atoms with van der Waals surface area (Å²) in [5.41, 5.74) is 2.91. The minimum Gasteiger partial charge on any atom is -0.438 e. The van der Waals surface area contributed by atoms with Gasteiger partial charge in [-0.1, -0.05) is 18.2 Å². The van der Waals surface area contributed by atoms with E-state index in [2.05, 4.69) is 20.5 Å². The number of aliphatic imine (C=N–C) groups is 1. The lowest BCUT2D eigenvalue weighted by atomic mass is 10.0. The molecule has 7 heteroatoms. The van der Waals surface area contributed by atoms with Gasteiger partial charge < -0.3 is 10.1 Å². The standard InChI is InChI=1S/C18H12F2N4O/c19-11-6-9-5-10-8-21-17(22-18(10)25-16(9)13(20)7-11)15-12-3-1-2-4-14(12)23-24-15/h1-4,6-7H,5,8H2,(H,21,22)(H,23,24). The Bertz CT molecular complexity index is 1080. The number of hydrogen-bond donors (Lipinski definition) is 2. The van der Waals surface area contributed by atoms with Gasteiger partial charge in [0.2, 0.25) is 5.88 Å². The maximum absolute atomic E-state index is 14.0. The van der Waals surface area contributed by atoms with Gasteiger partial charge in [0, 0.05) is 29.0 Å². The van der Waals surface area contributed by atoms with Crippen LogP contribution in [0, 0.1) is 11.6 Å². The van der Waals surface area contributed by atoms with Crippen molar-refractivity contribution in [2.24, 2.45) is 4.99 Å². The third-order valence-electron chi connectivity index (χ3n) is 4.37. The third-order valence-corrected chi connectivity index (χ3v) is 4.37. The minimum atomic E-state index is -0.711. The number of fused-ring (bicyclic) bond motifs is 2. The average Bonchev–Trinajstić information content (AvgIpc) is 3.04. The summed E-state index contributed by atoms with van der Waals surface area (Å²) >= 11 is 0. The number of benzene rings is 2. The summed E-state index contributed by atoms with van der Waals surface area (Å²) in [5, 5.41) is 11.3. The van der Waals surface area contributed by atoms with E-state index >= 15 is 0 Å². The van der Waals surface area contributed by atoms with Crippen molar-refractivity contribution in [1.82, 2.24) is 15.5 Å². The summed E-state index contributed by atoms with van der Waals surface area (Å²) in [4.78, 5) is 4.52. The highest BCUT2D eigenvalue weighted by Gasteiger charge is 2.28. The molecule has 1 aromatic heterocycles. The Morgan fingerprint density at radius 2 is 2.00 bits per heavy atom. The number of nitrogens with zero attached hydrogens (tertiary/aromatic N) is 2. The molecule has 2 aliphatic rings. The van der Waals surface area contributed by atoms with Gasteiger partial charge in [0.15, 0.2) is 17.4 Å². The number of amidine groups is 1. The molecule has 2 aromatic carbocycles. The molecule has 5 rings (SSSR count). The highest BCUT2D eigenvalue weighted by molar-refractivity contribution is 6.08. The molecule has 5 nitrogen and oxygen atoms in total. The maximum atomic E-state index is 14.0. The van der Waals surface area contributed by atoms with Crippen molar-refractivity contribution in [3.05, 3.63) is 70.7 Å². The van der Waals surface area contributed by atoms with Crippen LogP contribution in [-0.4, -0.2) is 22.6 Å². The fourth-order valence-electron chi connectivity index (χ4n) is 3.18. The predicted molar refractivity (Wildman–Crippen MR) is 88.3 cm³/mol. The zero-order valence-corrected chi connectivity index (χ0v) is 12.9. The van der Waals surface area contributed by atoms with Gasteiger partial charge in [-0.05, 0) is 12.1 Å². The van der Waals surface area contributed by atoms with Gasteiger partial charge in [0.05, 0.1) is 12.1 Å². The SMILES string of the molecule is Fc1cc(F)c2c(c1)CC1=C(NC(c3n[nH]c4ccccc34)=NC1)O2. The Morgan fingerprint density at radius 3 is 2.92 bits per heavy atom. The van der Waals surface area contributed by atoms with E-state index in [4.69, 9.17) is 4.74 Å². The smallest absolute Gasteiger partial charge is 0.200 e. The highest BCUT2D eigenvalue weighted by Crippen LogP contribution is 2.34. The number of nitrogens with one attached hydrogen (secondary N) is 2. The summed E-state index contributed by atoms with van der Waals surface area (Å²) in [5.74, 6) is -0.268. The summed E-state index contributed by atoms with van der Waals surface area (Å²) in [6.45, 7) is 0.385. The molecule has 0 saturated heterocycles. The fraction of sp³-hybridized carbons (Fsp3) is 0.111. The second-order valence-corrected chi connectivity index (χ2v) is 6.00. The molecular formula is C18H12F2N4O. The molecule has 0 bridgehead atoms. The number of H-pyrrole nitrogens is 1. The van der Waals surface area contributed by atoms with Crippen molar-refractivity contribution >= 4 is 16.7 Å². The lowest BCUT2D eigenvalue weighted by molar-refractivity contribution is 0.351. The van der Waals surface area contributed by atoms with Gasteiger partial charge in [-0.2, -0.15) is 5.10 Å². The van der Waals surface area contributed by atoms with Crippen LogP contribution in [0.3, 0.4) is 0 Å². The van der Waals surface area contributed by atoms with Crippen LogP contribution < -0.4 is 10.1 Å². The molecule has 0 aliphatic carbocycles. The van der Waals surface area contributed by atoms with E-state index in [0.717, 1.165) is 22.5 Å². The molecule has 0 atom stereocenters. The van der Waals surface area contributed by atoms with Crippen molar-refractivity contribution in [1.29, 1.82) is 0 Å². The van der Waals surface area contributed by atoms with Gasteiger partial charge in [0.25, 0.3) is 0 Å². The molecule has 2 N–H and O–H groups in total. The number of aromatic amines is 1. The first-order valence-corrected chi connectivity index (χ1v) is 7.82. The number of para-hydroxylation sites is 1. The molecule has 0 amide bonds. The minimum absolute atomic E-state index is 0.0563. The van der Waals surface area contributed by atoms with E-state index in [0.29, 0.717) is 35.9 Å². The van der Waals surface area contributed by atoms with Gasteiger partial charge in [-0.15, -0.1) is 0 Å². The van der Waals surface area contributed by atoms with E-state index in [-0.39, 0.29) is 5.75 Å². The van der Waals surface area contributed by atoms with Crippen LogP contribution in [0.25, 0.3) is 10.9 Å². The van der Waals surface area contributed by atoms with Crippen LogP contribution in [0.2, 0.25) is 0 Å². The second-order valence-electron chi connectivity index (χ2n) is 6.00. The lowest BCUT2D eigenvalue weighted by Gasteiger charge is -2.27. The molecule has 0 radical (unpaired) electrons. The molecule has 3 aromatic rings. The van der Waals surface area contributed by atoms with Crippen molar-refractivity contribution in [3.63, 3.8) is 0 Å². The van der Waals surface area contributed by atoms with E-state index in [1.165, 1.54) is 6.07 Å². The monoisotopic (exact) mass is 338 g/mol. The zero-order valence-electron chi connectivity index (χ0n) is 12.9. The second kappa shape index (κ2) is 5.14. The van der Waals surface area contributed by atoms with Crippen LogP contribution in [-0.2, 0) is 6.42 Å². The van der Waals surface area contributed by atoms with Crippen LogP contribution >= 0.6 is 0 Å². The molecule has 0 spiro atoms. The highest BCUT2D eigenvalue weighted by atomic mass is 19.1. The first-order chi connectivity index (χ1) is 12.2. The quantitative estimate of drug-likeness (QED) is 0.717. The fourth-order valence-corrected chi connectivity index (χ4v) is 3.18. The summed E-state index contributed by atoms with van der Waals surface area (Å²) in [6, 6.07) is 9.84. The molecule has 2 aliphatic heterocycles. The number of hydrogen-bond acceptors (Lipinski definition) is 4. The molecule has 124 valence electrons. The first-order valence-electron chi connectivity index (χ1n) is 7.82. The van der Waals surface area contributed by atoms with Crippen LogP contribution in [0.15, 0.2) is 52.8 Å². The van der Waals surface area contributed by atoms with E-state index in [1.54, 1.807) is 0 Å². The topological polar surface area (TPSA) is 62.3 Å². The van der Waals surface area contributed by atoms with Crippen LogP contribution in [0.4, 0.5) is 8.78 Å². The van der Waals surface area contributed by atoms with Crippen LogP contribution in [0.5, 0.6) is 5.75 Å². The predicted octanol–water partition coefficient (Wildman–Crippen LogP) is 3.04.